The monoisotopic (exact) mass is 533 g/mol. The molecule has 37 heavy (non-hydrogen) atoms. The fourth-order valence-electron chi connectivity index (χ4n) is 4.50. The largest absolute Gasteiger partial charge is 0.489 e. The van der Waals surface area contributed by atoms with E-state index in [-0.39, 0.29) is 11.7 Å². The van der Waals surface area contributed by atoms with E-state index >= 15 is 0 Å². The number of carbonyl (C=O) groups is 1. The number of fused-ring (bicyclic) bond motifs is 3. The Balaban J connectivity index is 1.33. The third-order valence-corrected chi connectivity index (χ3v) is 8.00. The number of carboxylic acid groups (broad SMARTS) is 1. The summed E-state index contributed by atoms with van der Waals surface area (Å²) in [5.41, 5.74) is 5.21. The van der Waals surface area contributed by atoms with E-state index in [9.17, 15) is 4.79 Å². The first kappa shape index (κ1) is 25.4. The molecule has 0 saturated carbocycles. The predicted molar refractivity (Wildman–Crippen MR) is 149 cm³/mol. The summed E-state index contributed by atoms with van der Waals surface area (Å²) in [6, 6.07) is 24.1. The van der Waals surface area contributed by atoms with Crippen molar-refractivity contribution in [2.24, 2.45) is 0 Å². The molecule has 0 amide bonds. The van der Waals surface area contributed by atoms with Gasteiger partial charge in [-0.3, -0.25) is 4.79 Å². The lowest BCUT2D eigenvalue weighted by molar-refractivity contribution is -0.137. The Kier molecular flexibility index (Phi) is 8.17. The Morgan fingerprint density at radius 2 is 1.89 bits per heavy atom. The molecular formula is C30H28ClNO4S. The van der Waals surface area contributed by atoms with Crippen LogP contribution in [-0.2, 0) is 18.0 Å². The molecule has 0 aliphatic carbocycles. The molecule has 1 aromatic heterocycles. The minimum atomic E-state index is -0.730. The first-order valence-electron chi connectivity index (χ1n) is 12.4. The van der Waals surface area contributed by atoms with Crippen LogP contribution in [0.1, 0.15) is 53.3 Å². The molecule has 4 aromatic rings. The van der Waals surface area contributed by atoms with Crippen LogP contribution < -0.4 is 9.47 Å². The van der Waals surface area contributed by atoms with Gasteiger partial charge in [-0.2, -0.15) is 0 Å². The fourth-order valence-corrected chi connectivity index (χ4v) is 6.05. The SMILES string of the molecule is O=C(O)CCCCCSC1c2ccccc2COc2ccc(OCc3ccc4ccc(Cl)cc4n3)cc21. The molecule has 1 atom stereocenters. The van der Waals surface area contributed by atoms with Crippen LogP contribution >= 0.6 is 23.4 Å². The zero-order valence-electron chi connectivity index (χ0n) is 20.4. The van der Waals surface area contributed by atoms with Gasteiger partial charge in [0, 0.05) is 22.4 Å². The van der Waals surface area contributed by atoms with Crippen LogP contribution in [0.15, 0.2) is 72.8 Å². The van der Waals surface area contributed by atoms with Crippen LogP contribution in [0.4, 0.5) is 0 Å². The summed E-state index contributed by atoms with van der Waals surface area (Å²) in [5, 5.41) is 10.7. The third-order valence-electron chi connectivity index (χ3n) is 6.40. The number of unbranched alkanes of at least 4 members (excludes halogenated alkanes) is 2. The number of ether oxygens (including phenoxy) is 2. The summed E-state index contributed by atoms with van der Waals surface area (Å²) in [4.78, 5) is 15.5. The van der Waals surface area contributed by atoms with Crippen LogP contribution in [0.5, 0.6) is 11.5 Å². The first-order valence-corrected chi connectivity index (χ1v) is 13.9. The summed E-state index contributed by atoms with van der Waals surface area (Å²) in [5.74, 6) is 1.84. The smallest absolute Gasteiger partial charge is 0.303 e. The standard InChI is InChI=1S/C30H28ClNO4S/c31-22-11-9-20-10-12-23(32-27(20)16-22)19-35-24-13-14-28-26(17-24)30(37-15-5-1-2-8-29(33)34)25-7-4-3-6-21(25)18-36-28/h3-4,6-7,9-14,16-17,30H,1-2,5,8,15,18-19H2,(H,33,34). The maximum absolute atomic E-state index is 10.8. The third kappa shape index (κ3) is 6.38. The second kappa shape index (κ2) is 11.9. The number of rotatable bonds is 10. The number of halogens is 1. The van der Waals surface area contributed by atoms with E-state index in [4.69, 9.17) is 31.2 Å². The quantitative estimate of drug-likeness (QED) is 0.209. The van der Waals surface area contributed by atoms with Crippen LogP contribution in [0.2, 0.25) is 5.02 Å². The van der Waals surface area contributed by atoms with E-state index in [0.717, 1.165) is 52.3 Å². The molecule has 2 heterocycles. The highest BCUT2D eigenvalue weighted by Crippen LogP contribution is 2.45. The van der Waals surface area contributed by atoms with Gasteiger partial charge in [-0.1, -0.05) is 54.4 Å². The van der Waals surface area contributed by atoms with E-state index in [0.29, 0.717) is 24.7 Å². The lowest BCUT2D eigenvalue weighted by Crippen LogP contribution is -2.02. The van der Waals surface area contributed by atoms with Gasteiger partial charge in [0.25, 0.3) is 0 Å². The van der Waals surface area contributed by atoms with Crippen molar-refractivity contribution < 1.29 is 19.4 Å². The summed E-state index contributed by atoms with van der Waals surface area (Å²) >= 11 is 8.01. The number of aromatic nitrogens is 1. The second-order valence-electron chi connectivity index (χ2n) is 9.07. The van der Waals surface area contributed by atoms with Crippen molar-refractivity contribution >= 4 is 40.2 Å². The number of thioether (sulfide) groups is 1. The number of pyridine rings is 1. The summed E-state index contributed by atoms with van der Waals surface area (Å²) in [6.07, 6.45) is 2.82. The minimum absolute atomic E-state index is 0.109. The van der Waals surface area contributed by atoms with Crippen molar-refractivity contribution in [3.05, 3.63) is 100 Å². The molecule has 5 rings (SSSR count). The number of carboxylic acids is 1. The van der Waals surface area contributed by atoms with Crippen molar-refractivity contribution in [3.63, 3.8) is 0 Å². The zero-order valence-corrected chi connectivity index (χ0v) is 21.9. The Morgan fingerprint density at radius 1 is 1.03 bits per heavy atom. The van der Waals surface area contributed by atoms with Gasteiger partial charge in [-0.25, -0.2) is 4.98 Å². The molecule has 190 valence electrons. The van der Waals surface area contributed by atoms with Crippen molar-refractivity contribution in [3.8, 4) is 11.5 Å². The number of benzene rings is 3. The predicted octanol–water partition coefficient (Wildman–Crippen LogP) is 7.83. The van der Waals surface area contributed by atoms with Crippen LogP contribution in [0, 0.1) is 0 Å². The van der Waals surface area contributed by atoms with Crippen LogP contribution in [0.25, 0.3) is 10.9 Å². The van der Waals surface area contributed by atoms with Gasteiger partial charge >= 0.3 is 5.97 Å². The molecule has 1 aliphatic heterocycles. The average Bonchev–Trinajstić information content (AvgIpc) is 3.05. The number of aliphatic carboxylic acids is 1. The first-order chi connectivity index (χ1) is 18.1. The van der Waals surface area contributed by atoms with Gasteiger partial charge in [0.05, 0.1) is 16.5 Å². The molecule has 7 heteroatoms. The van der Waals surface area contributed by atoms with Crippen LogP contribution in [-0.4, -0.2) is 21.8 Å². The van der Waals surface area contributed by atoms with Gasteiger partial charge in [0.15, 0.2) is 0 Å². The minimum Gasteiger partial charge on any atom is -0.489 e. The highest BCUT2D eigenvalue weighted by molar-refractivity contribution is 7.99. The highest BCUT2D eigenvalue weighted by atomic mass is 35.5. The van der Waals surface area contributed by atoms with E-state index in [1.807, 2.05) is 60.3 Å². The van der Waals surface area contributed by atoms with Gasteiger partial charge in [0.1, 0.15) is 24.7 Å². The van der Waals surface area contributed by atoms with E-state index in [1.165, 1.54) is 11.1 Å². The topological polar surface area (TPSA) is 68.7 Å². The van der Waals surface area contributed by atoms with E-state index in [2.05, 4.69) is 24.3 Å². The molecule has 0 fully saturated rings. The highest BCUT2D eigenvalue weighted by Gasteiger charge is 2.25. The van der Waals surface area contributed by atoms with Crippen molar-refractivity contribution in [1.82, 2.24) is 4.98 Å². The molecule has 0 bridgehead atoms. The van der Waals surface area contributed by atoms with Crippen molar-refractivity contribution in [1.29, 1.82) is 0 Å². The van der Waals surface area contributed by atoms with Gasteiger partial charge < -0.3 is 14.6 Å². The van der Waals surface area contributed by atoms with Gasteiger partial charge in [0.2, 0.25) is 0 Å². The number of hydrogen-bond donors (Lipinski definition) is 1. The molecule has 5 nitrogen and oxygen atoms in total. The fraction of sp³-hybridized carbons (Fsp3) is 0.267. The van der Waals surface area contributed by atoms with Gasteiger partial charge in [-0.15, -0.1) is 11.8 Å². The molecule has 1 aliphatic rings. The van der Waals surface area contributed by atoms with E-state index in [1.54, 1.807) is 0 Å². The van der Waals surface area contributed by atoms with Gasteiger partial charge in [-0.05, 0) is 66.1 Å². The maximum atomic E-state index is 10.8. The van der Waals surface area contributed by atoms with Crippen molar-refractivity contribution in [2.45, 2.75) is 44.1 Å². The Hall–Kier alpha value is -3.22. The molecule has 3 aromatic carbocycles. The molecule has 1 unspecified atom stereocenters. The summed E-state index contributed by atoms with van der Waals surface area (Å²) in [6.45, 7) is 0.878. The molecule has 0 radical (unpaired) electrons. The van der Waals surface area contributed by atoms with Crippen LogP contribution in [0.3, 0.4) is 0 Å². The van der Waals surface area contributed by atoms with Crippen molar-refractivity contribution in [2.75, 3.05) is 5.75 Å². The number of hydrogen-bond acceptors (Lipinski definition) is 5. The molecule has 0 spiro atoms. The molecular weight excluding hydrogens is 506 g/mol. The Labute approximate surface area is 225 Å². The normalized spacial score (nSPS) is 14.4. The lowest BCUT2D eigenvalue weighted by atomic mass is 10.00. The average molecular weight is 534 g/mol. The Morgan fingerprint density at radius 3 is 2.78 bits per heavy atom. The second-order valence-corrected chi connectivity index (χ2v) is 10.7. The molecule has 1 N–H and O–H groups in total. The summed E-state index contributed by atoms with van der Waals surface area (Å²) < 4.78 is 12.4. The maximum Gasteiger partial charge on any atom is 0.303 e. The lowest BCUT2D eigenvalue weighted by Gasteiger charge is -2.20. The van der Waals surface area contributed by atoms with E-state index < -0.39 is 5.97 Å². The summed E-state index contributed by atoms with van der Waals surface area (Å²) in [7, 11) is 0. The Bertz CT molecular complexity index is 1410. The number of nitrogens with zero attached hydrogens (tertiary/aromatic N) is 1. The zero-order chi connectivity index (χ0) is 25.6. The molecule has 0 saturated heterocycles.